The topological polar surface area (TPSA) is 35.0 Å². The molecule has 2 aromatic rings. The first-order valence-electron chi connectivity index (χ1n) is 3.85. The molecule has 63 valence electrons. The van der Waals surface area contributed by atoms with Crippen LogP contribution in [-0.4, -0.2) is 9.97 Å². The number of hydrogen-bond acceptors (Lipinski definition) is 3. The number of rotatable bonds is 2. The van der Waals surface area contributed by atoms with Crippen molar-refractivity contribution in [1.29, 1.82) is 0 Å². The second kappa shape index (κ2) is 3.67. The number of ether oxygens (including phenoxy) is 1. The van der Waals surface area contributed by atoms with E-state index in [1.165, 1.54) is 0 Å². The van der Waals surface area contributed by atoms with Crippen molar-refractivity contribution >= 4 is 0 Å². The molecule has 3 heteroatoms. The molecule has 0 aliphatic heterocycles. The molecule has 0 fully saturated rings. The third kappa shape index (κ3) is 2.02. The van der Waals surface area contributed by atoms with Gasteiger partial charge >= 0.3 is 0 Å². The fourth-order valence-electron chi connectivity index (χ4n) is 0.899. The third-order valence-electron chi connectivity index (χ3n) is 1.45. The molecule has 0 aliphatic carbocycles. The molecular weight excluding hydrogens is 164 g/mol. The molecule has 0 N–H and O–H groups in total. The van der Waals surface area contributed by atoms with Crippen molar-refractivity contribution < 1.29 is 4.74 Å². The normalized spacial score (nSPS) is 9.54. The highest BCUT2D eigenvalue weighted by Crippen LogP contribution is 2.16. The predicted octanol–water partition coefficient (Wildman–Crippen LogP) is 2.07. The fraction of sp³-hybridized carbons (Fsp3) is 0. The summed E-state index contributed by atoms with van der Waals surface area (Å²) in [6.07, 6.45) is 4.76. The van der Waals surface area contributed by atoms with Crippen LogP contribution >= 0.6 is 0 Å². The lowest BCUT2D eigenvalue weighted by atomic mass is 10.3. The van der Waals surface area contributed by atoms with Gasteiger partial charge in [-0.25, -0.2) is 4.98 Å². The molecule has 1 radical (unpaired) electrons. The smallest absolute Gasteiger partial charge is 0.237 e. The van der Waals surface area contributed by atoms with Crippen LogP contribution < -0.4 is 4.74 Å². The summed E-state index contributed by atoms with van der Waals surface area (Å²) >= 11 is 0. The van der Waals surface area contributed by atoms with Crippen molar-refractivity contribution in [2.75, 3.05) is 0 Å². The molecule has 0 saturated heterocycles. The Labute approximate surface area is 76.0 Å². The van der Waals surface area contributed by atoms with Crippen molar-refractivity contribution in [3.63, 3.8) is 0 Å². The molecule has 0 saturated carbocycles. The van der Waals surface area contributed by atoms with E-state index in [0.717, 1.165) is 5.75 Å². The lowest BCUT2D eigenvalue weighted by molar-refractivity contribution is 0.460. The Morgan fingerprint density at radius 3 is 2.69 bits per heavy atom. The van der Waals surface area contributed by atoms with Crippen LogP contribution in [0.15, 0.2) is 42.9 Å². The van der Waals surface area contributed by atoms with Gasteiger partial charge < -0.3 is 4.74 Å². The van der Waals surface area contributed by atoms with E-state index in [4.69, 9.17) is 4.74 Å². The maximum Gasteiger partial charge on any atom is 0.237 e. The zero-order valence-corrected chi connectivity index (χ0v) is 6.84. The van der Waals surface area contributed by atoms with Gasteiger partial charge in [0.05, 0.1) is 6.20 Å². The molecule has 3 nitrogen and oxygen atoms in total. The minimum Gasteiger partial charge on any atom is -0.438 e. The standard InChI is InChI=1S/C10H7N2O/c1-2-4-9(5-3-1)13-10-8-11-6-7-12-10/h2-8H. The molecule has 0 bridgehead atoms. The van der Waals surface area contributed by atoms with Crippen LogP contribution in [0.5, 0.6) is 11.6 Å². The van der Waals surface area contributed by atoms with E-state index in [-0.39, 0.29) is 0 Å². The minimum atomic E-state index is 0.494. The molecule has 0 aliphatic rings. The van der Waals surface area contributed by atoms with E-state index in [1.54, 1.807) is 30.7 Å². The zero-order chi connectivity index (χ0) is 8.93. The first kappa shape index (κ1) is 7.73. The summed E-state index contributed by atoms with van der Waals surface area (Å²) in [6.45, 7) is 0. The molecule has 13 heavy (non-hydrogen) atoms. The summed E-state index contributed by atoms with van der Waals surface area (Å²) in [6, 6.07) is 10.1. The Kier molecular flexibility index (Phi) is 2.18. The predicted molar refractivity (Wildman–Crippen MR) is 47.4 cm³/mol. The first-order valence-corrected chi connectivity index (χ1v) is 3.85. The van der Waals surface area contributed by atoms with Gasteiger partial charge in [0, 0.05) is 12.4 Å². The van der Waals surface area contributed by atoms with Gasteiger partial charge in [0.15, 0.2) is 0 Å². The second-order valence-corrected chi connectivity index (χ2v) is 2.38. The zero-order valence-electron chi connectivity index (χ0n) is 6.84. The average Bonchev–Trinajstić information content (AvgIpc) is 2.21. The van der Waals surface area contributed by atoms with Crippen LogP contribution in [0, 0.1) is 6.07 Å². The molecule has 1 aromatic heterocycles. The number of hydrogen-bond donors (Lipinski definition) is 0. The average molecular weight is 171 g/mol. The van der Waals surface area contributed by atoms with Gasteiger partial charge in [-0.2, -0.15) is 0 Å². The van der Waals surface area contributed by atoms with Gasteiger partial charge in [-0.05, 0) is 18.2 Å². The quantitative estimate of drug-likeness (QED) is 0.693. The molecule has 0 amide bonds. The minimum absolute atomic E-state index is 0.494. The highest BCUT2D eigenvalue weighted by atomic mass is 16.5. The van der Waals surface area contributed by atoms with Crippen LogP contribution in [0.2, 0.25) is 0 Å². The van der Waals surface area contributed by atoms with E-state index >= 15 is 0 Å². The number of nitrogens with zero attached hydrogens (tertiary/aromatic N) is 2. The molecule has 1 aromatic carbocycles. The summed E-state index contributed by atoms with van der Waals surface area (Å²) in [5.41, 5.74) is 0. The van der Waals surface area contributed by atoms with Crippen molar-refractivity contribution in [3.8, 4) is 11.6 Å². The molecule has 0 atom stereocenters. The lowest BCUT2D eigenvalue weighted by Gasteiger charge is -2.01. The molecule has 0 spiro atoms. The fourth-order valence-corrected chi connectivity index (χ4v) is 0.899. The Hall–Kier alpha value is -1.90. The first-order chi connectivity index (χ1) is 6.45. The Morgan fingerprint density at radius 1 is 1.15 bits per heavy atom. The van der Waals surface area contributed by atoms with Crippen LogP contribution in [0.4, 0.5) is 0 Å². The summed E-state index contributed by atoms with van der Waals surface area (Å²) in [5.74, 6) is 1.23. The maximum absolute atomic E-state index is 5.38. The SMILES string of the molecule is [c]1ccc(Oc2cnccn2)cc1. The largest absolute Gasteiger partial charge is 0.438 e. The van der Waals surface area contributed by atoms with E-state index < -0.39 is 0 Å². The van der Waals surface area contributed by atoms with E-state index in [1.807, 2.05) is 12.1 Å². The van der Waals surface area contributed by atoms with Gasteiger partial charge in [-0.3, -0.25) is 4.98 Å². The number of aromatic nitrogens is 2. The molecule has 0 unspecified atom stereocenters. The van der Waals surface area contributed by atoms with Crippen LogP contribution in [0.3, 0.4) is 0 Å². The number of benzene rings is 1. The third-order valence-corrected chi connectivity index (χ3v) is 1.45. The summed E-state index contributed by atoms with van der Waals surface area (Å²) in [4.78, 5) is 7.86. The van der Waals surface area contributed by atoms with E-state index in [0.29, 0.717) is 5.88 Å². The maximum atomic E-state index is 5.38. The second-order valence-electron chi connectivity index (χ2n) is 2.38. The van der Waals surface area contributed by atoms with Crippen molar-refractivity contribution in [1.82, 2.24) is 9.97 Å². The summed E-state index contributed by atoms with van der Waals surface area (Å²) < 4.78 is 5.38. The Morgan fingerprint density at radius 2 is 2.00 bits per heavy atom. The molecular formula is C10H7N2O. The molecule has 2 rings (SSSR count). The van der Waals surface area contributed by atoms with Crippen molar-refractivity contribution in [2.24, 2.45) is 0 Å². The Balaban J connectivity index is 2.16. The summed E-state index contributed by atoms with van der Waals surface area (Å²) in [5, 5.41) is 0. The van der Waals surface area contributed by atoms with Crippen LogP contribution in [-0.2, 0) is 0 Å². The van der Waals surface area contributed by atoms with Gasteiger partial charge in [0.2, 0.25) is 5.88 Å². The van der Waals surface area contributed by atoms with E-state index in [2.05, 4.69) is 16.0 Å². The van der Waals surface area contributed by atoms with Gasteiger partial charge in [0.25, 0.3) is 0 Å². The van der Waals surface area contributed by atoms with Crippen LogP contribution in [0.1, 0.15) is 0 Å². The van der Waals surface area contributed by atoms with Crippen molar-refractivity contribution in [3.05, 3.63) is 48.9 Å². The van der Waals surface area contributed by atoms with Crippen LogP contribution in [0.25, 0.3) is 0 Å². The van der Waals surface area contributed by atoms with Gasteiger partial charge in [-0.1, -0.05) is 12.1 Å². The van der Waals surface area contributed by atoms with Crippen molar-refractivity contribution in [2.45, 2.75) is 0 Å². The van der Waals surface area contributed by atoms with Gasteiger partial charge in [-0.15, -0.1) is 0 Å². The van der Waals surface area contributed by atoms with E-state index in [9.17, 15) is 0 Å². The monoisotopic (exact) mass is 171 g/mol. The highest BCUT2D eigenvalue weighted by Gasteiger charge is 1.94. The lowest BCUT2D eigenvalue weighted by Crippen LogP contribution is -1.87. The Bertz CT molecular complexity index is 324. The summed E-state index contributed by atoms with van der Waals surface area (Å²) in [7, 11) is 0. The highest BCUT2D eigenvalue weighted by molar-refractivity contribution is 5.24. The van der Waals surface area contributed by atoms with Gasteiger partial charge in [0.1, 0.15) is 5.75 Å². The molecule has 1 heterocycles.